The van der Waals surface area contributed by atoms with Gasteiger partial charge in [-0.1, -0.05) is 172 Å². The first kappa shape index (κ1) is 46.1. The Bertz CT molecular complexity index is 3030. The van der Waals surface area contributed by atoms with E-state index in [4.69, 9.17) is 45.7 Å². The summed E-state index contributed by atoms with van der Waals surface area (Å²) < 4.78 is 0.984. The van der Waals surface area contributed by atoms with E-state index in [2.05, 4.69) is 41.4 Å². The Balaban J connectivity index is 0.000000138. The smallest absolute Gasteiger partial charge is 0.0977 e. The first-order valence-electron chi connectivity index (χ1n) is 20.3. The van der Waals surface area contributed by atoms with Crippen LogP contribution in [0.2, 0.25) is 15.1 Å². The number of nitrogens with zero attached hydrogens (tertiary/aromatic N) is 5. The number of anilines is 1. The number of nitrogens with two attached hydrogens (primary N) is 1. The van der Waals surface area contributed by atoms with E-state index in [1.54, 1.807) is 18.6 Å². The van der Waals surface area contributed by atoms with Crippen LogP contribution in [0.5, 0.6) is 0 Å². The Hall–Kier alpha value is -6.94. The molecule has 0 saturated heterocycles. The third kappa shape index (κ3) is 12.6. The van der Waals surface area contributed by atoms with E-state index >= 15 is 0 Å². The van der Waals surface area contributed by atoms with Crippen molar-refractivity contribution in [2.24, 2.45) is 16.0 Å². The molecule has 7 nitrogen and oxygen atoms in total. The molecular formula is C54H41BrCl3N7. The first-order valence-corrected chi connectivity index (χ1v) is 22.2. The van der Waals surface area contributed by atoms with E-state index in [1.165, 1.54) is 10.9 Å². The Labute approximate surface area is 401 Å². The largest absolute Gasteiger partial charge is 0.323 e. The number of aromatic nitrogens is 3. The van der Waals surface area contributed by atoms with E-state index in [0.29, 0.717) is 5.02 Å². The van der Waals surface area contributed by atoms with Crippen LogP contribution in [-0.2, 0) is 0 Å². The Morgan fingerprint density at radius 1 is 0.477 bits per heavy atom. The second kappa shape index (κ2) is 23.1. The summed E-state index contributed by atoms with van der Waals surface area (Å²) in [6.45, 7) is 2.04. The normalized spacial score (nSPS) is 10.3. The maximum Gasteiger partial charge on any atom is 0.0977 e. The molecule has 0 fully saturated rings. The maximum atomic E-state index is 6.26. The predicted octanol–water partition coefficient (Wildman–Crippen LogP) is 15.0. The van der Waals surface area contributed by atoms with Gasteiger partial charge in [-0.05, 0) is 83.2 Å². The van der Waals surface area contributed by atoms with Crippen LogP contribution < -0.4 is 11.3 Å². The van der Waals surface area contributed by atoms with Crippen molar-refractivity contribution in [2.45, 2.75) is 6.92 Å². The zero-order chi connectivity index (χ0) is 45.4. The van der Waals surface area contributed by atoms with E-state index in [1.807, 2.05) is 201 Å². The minimum Gasteiger partial charge on any atom is -0.323 e. The molecule has 0 bridgehead atoms. The molecule has 0 aliphatic rings. The first-order chi connectivity index (χ1) is 31.8. The Kier molecular flexibility index (Phi) is 16.4. The van der Waals surface area contributed by atoms with Gasteiger partial charge in [0, 0.05) is 95.1 Å². The van der Waals surface area contributed by atoms with Crippen molar-refractivity contribution in [3.8, 4) is 0 Å². The summed E-state index contributed by atoms with van der Waals surface area (Å²) in [5, 5.41) is 17.2. The third-order valence-electron chi connectivity index (χ3n) is 9.92. The summed E-state index contributed by atoms with van der Waals surface area (Å²) >= 11 is 21.5. The van der Waals surface area contributed by atoms with Crippen LogP contribution in [0.25, 0.3) is 32.3 Å². The van der Waals surface area contributed by atoms with Crippen molar-refractivity contribution in [2.75, 3.05) is 5.43 Å². The van der Waals surface area contributed by atoms with Crippen LogP contribution in [0, 0.1) is 6.92 Å². The summed E-state index contributed by atoms with van der Waals surface area (Å²) in [7, 11) is 0. The van der Waals surface area contributed by atoms with Gasteiger partial charge in [0.1, 0.15) is 0 Å². The number of fused-ring (bicyclic) bond motifs is 3. The fraction of sp³-hybridized carbons (Fsp3) is 0.0185. The minimum atomic E-state index is 0.655. The zero-order valence-electron chi connectivity index (χ0n) is 35.0. The van der Waals surface area contributed by atoms with Gasteiger partial charge >= 0.3 is 0 Å². The average molecular weight is 974 g/mol. The number of benzene rings is 7. The van der Waals surface area contributed by atoms with Gasteiger partial charge in [0.05, 0.1) is 17.1 Å². The van der Waals surface area contributed by atoms with Crippen LogP contribution in [-0.4, -0.2) is 26.4 Å². The highest BCUT2D eigenvalue weighted by molar-refractivity contribution is 9.10. The number of hydrazone groups is 2. The summed E-state index contributed by atoms with van der Waals surface area (Å²) in [5.41, 5.74) is 11.0. The lowest BCUT2D eigenvalue weighted by Crippen LogP contribution is -2.06. The fourth-order valence-corrected chi connectivity index (χ4v) is 8.27. The molecule has 3 aromatic heterocycles. The summed E-state index contributed by atoms with van der Waals surface area (Å²) in [4.78, 5) is 12.3. The summed E-state index contributed by atoms with van der Waals surface area (Å²) in [6.07, 6.45) is 10.8. The number of aryl methyl sites for hydroxylation is 1. The average Bonchev–Trinajstić information content (AvgIpc) is 3.34. The van der Waals surface area contributed by atoms with E-state index in [-0.39, 0.29) is 0 Å². The molecule has 0 unspecified atom stereocenters. The SMILES string of the molecule is Cc1cc(Cl)cc2ccncc12.Clc1cc(Br)c2cnccc2c1.Clc1cc(NN=C(c2ccccc2)c2ccccc2)c2cnccc2c1.NN=C(c1ccccc1)c1ccccc1. The molecule has 0 aliphatic carbocycles. The van der Waals surface area contributed by atoms with E-state index < -0.39 is 0 Å². The minimum absolute atomic E-state index is 0.655. The van der Waals surface area contributed by atoms with Crippen LogP contribution in [0.1, 0.15) is 27.8 Å². The van der Waals surface area contributed by atoms with Gasteiger partial charge in [0.2, 0.25) is 0 Å². The molecule has 10 aromatic rings. The molecule has 3 N–H and O–H groups in total. The van der Waals surface area contributed by atoms with Crippen LogP contribution >= 0.6 is 50.7 Å². The lowest BCUT2D eigenvalue weighted by atomic mass is 10.0. The van der Waals surface area contributed by atoms with Gasteiger partial charge in [-0.15, -0.1) is 0 Å². The second-order valence-corrected chi connectivity index (χ2v) is 16.5. The topological polar surface area (TPSA) is 101 Å². The number of nitrogens with one attached hydrogen (secondary N) is 1. The van der Waals surface area contributed by atoms with E-state index in [0.717, 1.165) is 80.8 Å². The Morgan fingerprint density at radius 2 is 0.862 bits per heavy atom. The van der Waals surface area contributed by atoms with Crippen molar-refractivity contribution in [3.05, 3.63) is 260 Å². The highest BCUT2D eigenvalue weighted by Crippen LogP contribution is 2.29. The molecule has 65 heavy (non-hydrogen) atoms. The molecule has 0 aliphatic heterocycles. The van der Waals surface area contributed by atoms with Crippen molar-refractivity contribution in [3.63, 3.8) is 0 Å². The molecule has 3 heterocycles. The number of rotatable bonds is 6. The molecule has 0 spiro atoms. The zero-order valence-corrected chi connectivity index (χ0v) is 38.9. The van der Waals surface area contributed by atoms with Gasteiger partial charge in [-0.3, -0.25) is 20.4 Å². The number of halogens is 4. The van der Waals surface area contributed by atoms with Crippen molar-refractivity contribution in [1.82, 2.24) is 15.0 Å². The Morgan fingerprint density at radius 3 is 1.34 bits per heavy atom. The van der Waals surface area contributed by atoms with Gasteiger partial charge in [0.15, 0.2) is 0 Å². The number of pyridine rings is 3. The molecule has 320 valence electrons. The molecule has 0 radical (unpaired) electrons. The van der Waals surface area contributed by atoms with Crippen LogP contribution in [0.3, 0.4) is 0 Å². The van der Waals surface area contributed by atoms with Crippen molar-refractivity contribution < 1.29 is 0 Å². The van der Waals surface area contributed by atoms with Crippen LogP contribution in [0.4, 0.5) is 5.69 Å². The monoisotopic (exact) mass is 971 g/mol. The van der Waals surface area contributed by atoms with Crippen LogP contribution in [0.15, 0.2) is 228 Å². The standard InChI is InChI=1S/C22H16ClN3.C13H12N2.C10H8ClN.C9H5BrClN/c23-19-13-18-11-12-24-15-20(18)21(14-19)25-26-22(16-7-3-1-4-8-16)17-9-5-2-6-10-17;14-15-13(11-7-3-1-4-8-11)12-9-5-2-6-10-12;1-7-4-9(11)5-8-2-3-12-6-10(7)8;10-9-4-7(11)3-6-1-2-12-5-8(6)9/h1-15,25H;1-10H,14H2;2-6H,1H3;1-5H. The lowest BCUT2D eigenvalue weighted by molar-refractivity contribution is 1.24. The van der Waals surface area contributed by atoms with Gasteiger partial charge < -0.3 is 5.84 Å². The predicted molar refractivity (Wildman–Crippen MR) is 278 cm³/mol. The maximum absolute atomic E-state index is 6.26. The summed E-state index contributed by atoms with van der Waals surface area (Å²) in [5.74, 6) is 5.42. The number of hydrogen-bond donors (Lipinski definition) is 2. The second-order valence-electron chi connectivity index (χ2n) is 14.4. The highest BCUT2D eigenvalue weighted by atomic mass is 79.9. The molecular weight excluding hydrogens is 933 g/mol. The number of hydrogen-bond acceptors (Lipinski definition) is 7. The van der Waals surface area contributed by atoms with Crippen molar-refractivity contribution in [1.29, 1.82) is 0 Å². The van der Waals surface area contributed by atoms with E-state index in [9.17, 15) is 0 Å². The molecule has 10 rings (SSSR count). The molecule has 11 heteroatoms. The molecule has 0 amide bonds. The lowest BCUT2D eigenvalue weighted by Gasteiger charge is -2.10. The van der Waals surface area contributed by atoms with Crippen molar-refractivity contribution >= 4 is 100 Å². The molecule has 0 saturated carbocycles. The highest BCUT2D eigenvalue weighted by Gasteiger charge is 2.09. The van der Waals surface area contributed by atoms with Gasteiger partial charge in [-0.2, -0.15) is 10.2 Å². The summed E-state index contributed by atoms with van der Waals surface area (Å²) in [6, 6.07) is 57.4. The van der Waals surface area contributed by atoms with Gasteiger partial charge in [-0.25, -0.2) is 0 Å². The van der Waals surface area contributed by atoms with Gasteiger partial charge in [0.25, 0.3) is 0 Å². The third-order valence-corrected chi connectivity index (χ3v) is 11.2. The molecule has 7 aromatic carbocycles. The fourth-order valence-electron chi connectivity index (χ4n) is 6.82. The quantitative estimate of drug-likeness (QED) is 0.0982. The molecule has 0 atom stereocenters.